The third-order valence-corrected chi connectivity index (χ3v) is 6.54. The van der Waals surface area contributed by atoms with Crippen LogP contribution in [0.5, 0.6) is 0 Å². The lowest BCUT2D eigenvalue weighted by Crippen LogP contribution is -2.56. The summed E-state index contributed by atoms with van der Waals surface area (Å²) in [6.07, 6.45) is 13.1. The van der Waals surface area contributed by atoms with Crippen LogP contribution in [0.15, 0.2) is 12.2 Å². The van der Waals surface area contributed by atoms with Crippen molar-refractivity contribution in [3.63, 3.8) is 0 Å². The monoisotopic (exact) mass is 371 g/mol. The molecule has 2 bridgehead atoms. The van der Waals surface area contributed by atoms with Crippen molar-refractivity contribution in [3.05, 3.63) is 12.2 Å². The lowest BCUT2D eigenvalue weighted by molar-refractivity contribution is -0.144. The number of hydrogen-bond acceptors (Lipinski definition) is 4. The van der Waals surface area contributed by atoms with Crippen molar-refractivity contribution in [2.75, 3.05) is 13.6 Å². The summed E-state index contributed by atoms with van der Waals surface area (Å²) in [5, 5.41) is 5.71. The maximum absolute atomic E-state index is 13.2. The van der Waals surface area contributed by atoms with Crippen molar-refractivity contribution >= 4 is 17.7 Å². The van der Waals surface area contributed by atoms with Crippen molar-refractivity contribution in [2.24, 2.45) is 11.8 Å². The number of fused-ring (bicyclic) bond motifs is 1. The quantitative estimate of drug-likeness (QED) is 0.536. The van der Waals surface area contributed by atoms with Crippen molar-refractivity contribution in [1.82, 2.24) is 15.5 Å². The summed E-state index contributed by atoms with van der Waals surface area (Å²) < 4.78 is 6.29. The van der Waals surface area contributed by atoms with Crippen LogP contribution in [0.4, 0.5) is 0 Å². The average molecular weight is 371 g/mol. The standard InChI is InChI=1S/C20H25N3O4/c1-4-11-23-15(17(25)22-12-7-5-6-8-12)20-10-9-19(2,27-20)13(16(24)21-3)14(20)18(23)26/h1,9-10,12-15H,5-8,11H2,2-3H3,(H,21,24)(H,22,25)/t13-,14-,15+,19+,20-/m1/s1. The van der Waals surface area contributed by atoms with Gasteiger partial charge in [0.1, 0.15) is 11.6 Å². The van der Waals surface area contributed by atoms with Gasteiger partial charge in [-0.15, -0.1) is 6.42 Å². The molecule has 27 heavy (non-hydrogen) atoms. The SMILES string of the molecule is C#CCN1C(=O)[C@H]2[C@H](C(=O)NC)[C@]3(C)C=C[C@]2(O3)[C@@H]1C(=O)NC1CCCC1. The van der Waals surface area contributed by atoms with E-state index in [-0.39, 0.29) is 30.3 Å². The Balaban J connectivity index is 1.73. The van der Waals surface area contributed by atoms with Gasteiger partial charge < -0.3 is 20.3 Å². The van der Waals surface area contributed by atoms with E-state index < -0.39 is 29.1 Å². The molecular weight excluding hydrogens is 346 g/mol. The molecule has 0 aromatic carbocycles. The van der Waals surface area contributed by atoms with E-state index in [1.165, 1.54) is 11.9 Å². The van der Waals surface area contributed by atoms with Crippen molar-refractivity contribution in [3.8, 4) is 12.3 Å². The Kier molecular flexibility index (Phi) is 4.08. The number of rotatable bonds is 4. The summed E-state index contributed by atoms with van der Waals surface area (Å²) >= 11 is 0. The van der Waals surface area contributed by atoms with E-state index >= 15 is 0 Å². The largest absolute Gasteiger partial charge is 0.359 e. The molecule has 1 spiro atoms. The summed E-state index contributed by atoms with van der Waals surface area (Å²) in [5.41, 5.74) is -2.06. The number of terminal acetylenes is 1. The molecule has 1 aliphatic carbocycles. The highest BCUT2D eigenvalue weighted by Crippen LogP contribution is 2.59. The van der Waals surface area contributed by atoms with Gasteiger partial charge in [-0.3, -0.25) is 14.4 Å². The normalized spacial score (nSPS) is 39.5. The Labute approximate surface area is 158 Å². The Morgan fingerprint density at radius 2 is 2.04 bits per heavy atom. The van der Waals surface area contributed by atoms with Gasteiger partial charge in [0.2, 0.25) is 17.7 Å². The molecule has 2 saturated heterocycles. The summed E-state index contributed by atoms with van der Waals surface area (Å²) in [4.78, 5) is 40.4. The molecule has 7 nitrogen and oxygen atoms in total. The Morgan fingerprint density at radius 1 is 1.33 bits per heavy atom. The molecule has 1 saturated carbocycles. The highest BCUT2D eigenvalue weighted by atomic mass is 16.5. The molecule has 3 aliphatic heterocycles. The molecule has 5 atom stereocenters. The fourth-order valence-corrected chi connectivity index (χ4v) is 5.40. The van der Waals surface area contributed by atoms with Crippen LogP contribution in [0, 0.1) is 24.2 Å². The minimum atomic E-state index is -1.15. The van der Waals surface area contributed by atoms with E-state index in [1.807, 2.05) is 6.08 Å². The van der Waals surface area contributed by atoms with E-state index in [0.29, 0.717) is 0 Å². The number of likely N-dealkylation sites (tertiary alicyclic amines) is 1. The maximum atomic E-state index is 13.2. The fourth-order valence-electron chi connectivity index (χ4n) is 5.40. The summed E-state index contributed by atoms with van der Waals surface area (Å²) in [5.74, 6) is 0.230. The molecule has 0 aromatic rings. The van der Waals surface area contributed by atoms with E-state index in [4.69, 9.17) is 11.2 Å². The molecular formula is C20H25N3O4. The summed E-state index contributed by atoms with van der Waals surface area (Å²) in [6.45, 7) is 1.80. The fraction of sp³-hybridized carbons (Fsp3) is 0.650. The maximum Gasteiger partial charge on any atom is 0.246 e. The van der Waals surface area contributed by atoms with Crippen LogP contribution in [0.1, 0.15) is 32.6 Å². The number of amides is 3. The predicted octanol–water partition coefficient (Wildman–Crippen LogP) is -0.0349. The van der Waals surface area contributed by atoms with Gasteiger partial charge in [-0.2, -0.15) is 0 Å². The summed E-state index contributed by atoms with van der Waals surface area (Å²) in [7, 11) is 1.54. The zero-order valence-electron chi connectivity index (χ0n) is 15.7. The van der Waals surface area contributed by atoms with Crippen LogP contribution in [-0.4, -0.2) is 59.5 Å². The highest BCUT2D eigenvalue weighted by molar-refractivity contribution is 6.00. The first-order valence-corrected chi connectivity index (χ1v) is 9.54. The van der Waals surface area contributed by atoms with Gasteiger partial charge in [-0.25, -0.2) is 0 Å². The molecule has 0 radical (unpaired) electrons. The van der Waals surface area contributed by atoms with E-state index in [2.05, 4.69) is 16.6 Å². The second-order valence-corrected chi connectivity index (χ2v) is 8.11. The molecule has 3 fully saturated rings. The van der Waals surface area contributed by atoms with Gasteiger partial charge in [0.25, 0.3) is 0 Å². The smallest absolute Gasteiger partial charge is 0.246 e. The minimum absolute atomic E-state index is 0.00815. The van der Waals surface area contributed by atoms with E-state index in [9.17, 15) is 14.4 Å². The molecule has 7 heteroatoms. The Bertz CT molecular complexity index is 766. The van der Waals surface area contributed by atoms with Crippen molar-refractivity contribution in [2.45, 2.75) is 55.9 Å². The second-order valence-electron chi connectivity index (χ2n) is 8.11. The van der Waals surface area contributed by atoms with Crippen molar-refractivity contribution in [1.29, 1.82) is 0 Å². The number of carbonyl (C=O) groups is 3. The van der Waals surface area contributed by atoms with Gasteiger partial charge in [-0.05, 0) is 19.8 Å². The van der Waals surface area contributed by atoms with E-state index in [1.54, 1.807) is 13.0 Å². The molecule has 4 rings (SSSR count). The highest BCUT2D eigenvalue weighted by Gasteiger charge is 2.76. The van der Waals surface area contributed by atoms with Crippen LogP contribution in [0.25, 0.3) is 0 Å². The van der Waals surface area contributed by atoms with Gasteiger partial charge >= 0.3 is 0 Å². The van der Waals surface area contributed by atoms with Crippen LogP contribution in [0.3, 0.4) is 0 Å². The summed E-state index contributed by atoms with van der Waals surface area (Å²) in [6, 6.07) is -0.747. The topological polar surface area (TPSA) is 87.7 Å². The minimum Gasteiger partial charge on any atom is -0.359 e. The third kappa shape index (κ3) is 2.36. The predicted molar refractivity (Wildman–Crippen MR) is 97.1 cm³/mol. The van der Waals surface area contributed by atoms with Crippen LogP contribution < -0.4 is 10.6 Å². The molecule has 0 unspecified atom stereocenters. The van der Waals surface area contributed by atoms with Gasteiger partial charge in [-0.1, -0.05) is 30.9 Å². The van der Waals surface area contributed by atoms with E-state index in [0.717, 1.165) is 25.7 Å². The molecule has 2 N–H and O–H groups in total. The second kappa shape index (κ2) is 6.10. The number of carbonyl (C=O) groups excluding carboxylic acids is 3. The average Bonchev–Trinajstić information content (AvgIpc) is 3.35. The van der Waals surface area contributed by atoms with Crippen LogP contribution >= 0.6 is 0 Å². The van der Waals surface area contributed by atoms with Crippen LogP contribution in [0.2, 0.25) is 0 Å². The molecule has 4 aliphatic rings. The first-order chi connectivity index (χ1) is 12.9. The zero-order valence-corrected chi connectivity index (χ0v) is 15.7. The van der Waals surface area contributed by atoms with Crippen molar-refractivity contribution < 1.29 is 19.1 Å². The van der Waals surface area contributed by atoms with Gasteiger partial charge in [0.15, 0.2) is 0 Å². The first kappa shape index (κ1) is 18.1. The zero-order chi connectivity index (χ0) is 19.4. The Hall–Kier alpha value is -2.33. The van der Waals surface area contributed by atoms with Crippen LogP contribution in [-0.2, 0) is 19.1 Å². The van der Waals surface area contributed by atoms with Gasteiger partial charge in [0, 0.05) is 13.1 Å². The molecule has 3 heterocycles. The lowest BCUT2D eigenvalue weighted by atomic mass is 9.70. The first-order valence-electron chi connectivity index (χ1n) is 9.54. The number of nitrogens with one attached hydrogen (secondary N) is 2. The number of ether oxygens (including phenoxy) is 1. The van der Waals surface area contributed by atoms with Gasteiger partial charge in [0.05, 0.1) is 24.0 Å². The lowest BCUT2D eigenvalue weighted by Gasteiger charge is -2.32. The third-order valence-electron chi connectivity index (χ3n) is 6.54. The Morgan fingerprint density at radius 3 is 2.67 bits per heavy atom. The molecule has 0 aromatic heterocycles. The number of hydrogen-bond donors (Lipinski definition) is 2. The molecule has 144 valence electrons. The number of nitrogens with zero attached hydrogens (tertiary/aromatic N) is 1. The molecule has 3 amide bonds.